The number of ether oxygens (including phenoxy) is 1. The van der Waals surface area contributed by atoms with Crippen molar-refractivity contribution in [1.82, 2.24) is 29.5 Å². The highest BCUT2D eigenvalue weighted by molar-refractivity contribution is 7.19. The van der Waals surface area contributed by atoms with Crippen molar-refractivity contribution in [3.05, 3.63) is 81.0 Å². The van der Waals surface area contributed by atoms with Crippen LogP contribution in [0.25, 0.3) is 27.3 Å². The van der Waals surface area contributed by atoms with Crippen LogP contribution in [-0.4, -0.2) is 42.6 Å². The number of aromatic nitrogens is 6. The number of thiazole rings is 1. The first kappa shape index (κ1) is 21.5. The topological polar surface area (TPSA) is 108 Å². The second-order valence-corrected chi connectivity index (χ2v) is 9.63. The van der Waals surface area contributed by atoms with Gasteiger partial charge < -0.3 is 9.30 Å². The molecule has 35 heavy (non-hydrogen) atoms. The van der Waals surface area contributed by atoms with E-state index in [2.05, 4.69) is 21.4 Å². The Morgan fingerprint density at radius 3 is 2.91 bits per heavy atom. The molecular weight excluding hydrogens is 464 g/mol. The van der Waals surface area contributed by atoms with Gasteiger partial charge in [0.15, 0.2) is 5.65 Å². The summed E-state index contributed by atoms with van der Waals surface area (Å²) in [5.41, 5.74) is 3.92. The third-order valence-corrected chi connectivity index (χ3v) is 7.74. The van der Waals surface area contributed by atoms with E-state index in [1.807, 2.05) is 49.7 Å². The number of nitrogens with one attached hydrogen (secondary N) is 1. The van der Waals surface area contributed by atoms with E-state index in [4.69, 9.17) is 9.72 Å². The molecule has 1 aliphatic rings. The van der Waals surface area contributed by atoms with E-state index in [-0.39, 0.29) is 17.4 Å². The van der Waals surface area contributed by atoms with Gasteiger partial charge in [0.25, 0.3) is 5.56 Å². The lowest BCUT2D eigenvalue weighted by atomic mass is 9.92. The van der Waals surface area contributed by atoms with Crippen molar-refractivity contribution in [2.24, 2.45) is 7.05 Å². The normalized spacial score (nSPS) is 16.0. The van der Waals surface area contributed by atoms with Gasteiger partial charge in [0, 0.05) is 23.9 Å². The lowest BCUT2D eigenvalue weighted by Crippen LogP contribution is -2.27. The van der Waals surface area contributed by atoms with E-state index in [0.29, 0.717) is 22.7 Å². The quantitative estimate of drug-likeness (QED) is 0.381. The maximum Gasteiger partial charge on any atom is 0.320 e. The number of nitrogens with zero attached hydrogens (tertiary/aromatic N) is 5. The standard InChI is InChI=1S/C25H22N6O3S/c1-30-20-17(12-27-31(24(20)32)13-15-9-6-10-18-16(15)11-26-29-18)21-22(30)28-23(35-21)19(25(33)34-2)14-7-4-3-5-8-14/h3-8,10-12,15,19H,9,13H2,1-2H3,(H,26,29). The molecule has 1 N–H and O–H groups in total. The van der Waals surface area contributed by atoms with Gasteiger partial charge >= 0.3 is 5.97 Å². The number of fused-ring (bicyclic) bond motifs is 4. The molecule has 0 bridgehead atoms. The lowest BCUT2D eigenvalue weighted by Gasteiger charge is -2.18. The van der Waals surface area contributed by atoms with Crippen molar-refractivity contribution in [2.75, 3.05) is 7.11 Å². The summed E-state index contributed by atoms with van der Waals surface area (Å²) in [5.74, 6) is -0.889. The number of hydrogen-bond acceptors (Lipinski definition) is 7. The number of allylic oxidation sites excluding steroid dienone is 1. The first-order valence-corrected chi connectivity index (χ1v) is 12.1. The third kappa shape index (κ3) is 3.40. The van der Waals surface area contributed by atoms with E-state index < -0.39 is 5.92 Å². The molecule has 2 unspecified atom stereocenters. The minimum absolute atomic E-state index is 0.120. The molecule has 0 fully saturated rings. The first-order valence-electron chi connectivity index (χ1n) is 11.2. The van der Waals surface area contributed by atoms with Gasteiger partial charge in [-0.2, -0.15) is 10.2 Å². The van der Waals surface area contributed by atoms with Crippen molar-refractivity contribution in [2.45, 2.75) is 24.8 Å². The lowest BCUT2D eigenvalue weighted by molar-refractivity contribution is -0.141. The monoisotopic (exact) mass is 486 g/mol. The second-order valence-electron chi connectivity index (χ2n) is 8.60. The molecule has 6 rings (SSSR count). The van der Waals surface area contributed by atoms with Gasteiger partial charge in [-0.15, -0.1) is 11.3 Å². The SMILES string of the molecule is COC(=O)C(c1ccccc1)c1nc2c(s1)c1cnn(CC3CC=Cc4[nH]ncc43)c(=O)c1n2C. The second kappa shape index (κ2) is 8.31. The molecule has 0 saturated heterocycles. The van der Waals surface area contributed by atoms with Crippen LogP contribution in [0, 0.1) is 0 Å². The van der Waals surface area contributed by atoms with Crippen molar-refractivity contribution < 1.29 is 9.53 Å². The smallest absolute Gasteiger partial charge is 0.320 e. The summed E-state index contributed by atoms with van der Waals surface area (Å²) in [6.07, 6.45) is 8.47. The number of methoxy groups -OCH3 is 1. The van der Waals surface area contributed by atoms with Gasteiger partial charge in [0.05, 0.1) is 36.4 Å². The van der Waals surface area contributed by atoms with Gasteiger partial charge in [0.1, 0.15) is 16.4 Å². The molecule has 9 nitrogen and oxygen atoms in total. The fourth-order valence-electron chi connectivity index (χ4n) is 4.82. The van der Waals surface area contributed by atoms with Crippen LogP contribution in [0.15, 0.2) is 53.6 Å². The van der Waals surface area contributed by atoms with Gasteiger partial charge in [-0.25, -0.2) is 9.67 Å². The Morgan fingerprint density at radius 1 is 1.29 bits per heavy atom. The Bertz CT molecular complexity index is 1660. The molecule has 0 amide bonds. The van der Waals surface area contributed by atoms with E-state index in [1.165, 1.54) is 23.1 Å². The van der Waals surface area contributed by atoms with Crippen LogP contribution in [0.2, 0.25) is 0 Å². The van der Waals surface area contributed by atoms with E-state index in [0.717, 1.165) is 33.3 Å². The van der Waals surface area contributed by atoms with E-state index in [9.17, 15) is 9.59 Å². The molecule has 0 radical (unpaired) electrons. The van der Waals surface area contributed by atoms with Crippen LogP contribution < -0.4 is 5.56 Å². The van der Waals surface area contributed by atoms with Crippen molar-refractivity contribution >= 4 is 44.6 Å². The van der Waals surface area contributed by atoms with Crippen LogP contribution in [0.1, 0.15) is 40.1 Å². The molecule has 10 heteroatoms. The number of hydrogen-bond donors (Lipinski definition) is 1. The summed E-state index contributed by atoms with van der Waals surface area (Å²) >= 11 is 1.39. The maximum absolute atomic E-state index is 13.5. The average Bonchev–Trinajstić information content (AvgIpc) is 3.58. The van der Waals surface area contributed by atoms with E-state index in [1.54, 1.807) is 10.8 Å². The zero-order valence-corrected chi connectivity index (χ0v) is 20.0. The van der Waals surface area contributed by atoms with Crippen LogP contribution in [0.3, 0.4) is 0 Å². The summed E-state index contributed by atoms with van der Waals surface area (Å²) in [7, 11) is 3.20. The summed E-state index contributed by atoms with van der Waals surface area (Å²) in [6.45, 7) is 0.460. The van der Waals surface area contributed by atoms with Gasteiger partial charge in [-0.3, -0.25) is 14.7 Å². The fourth-order valence-corrected chi connectivity index (χ4v) is 6.05. The molecule has 176 valence electrons. The zero-order valence-electron chi connectivity index (χ0n) is 19.1. The highest BCUT2D eigenvalue weighted by Gasteiger charge is 2.29. The Morgan fingerprint density at radius 2 is 2.11 bits per heavy atom. The molecule has 2 atom stereocenters. The van der Waals surface area contributed by atoms with Crippen LogP contribution in [0.5, 0.6) is 0 Å². The van der Waals surface area contributed by atoms with Crippen molar-refractivity contribution in [1.29, 1.82) is 0 Å². The molecule has 1 aromatic carbocycles. The Labute approximate surface area is 203 Å². The summed E-state index contributed by atoms with van der Waals surface area (Å²) < 4.78 is 9.23. The number of H-pyrrole nitrogens is 1. The van der Waals surface area contributed by atoms with Gasteiger partial charge in [-0.1, -0.05) is 36.4 Å². The largest absolute Gasteiger partial charge is 0.468 e. The maximum atomic E-state index is 13.5. The number of aromatic amines is 1. The molecular formula is C25H22N6O3S. The molecule has 4 aromatic heterocycles. The Hall–Kier alpha value is -4.05. The number of esters is 1. The minimum Gasteiger partial charge on any atom is -0.468 e. The molecule has 0 aliphatic heterocycles. The number of aryl methyl sites for hydroxylation is 1. The number of carbonyl (C=O) groups excluding carboxylic acids is 1. The summed E-state index contributed by atoms with van der Waals surface area (Å²) in [5, 5.41) is 13.0. The molecule has 5 aromatic rings. The summed E-state index contributed by atoms with van der Waals surface area (Å²) in [4.78, 5) is 30.9. The average molecular weight is 487 g/mol. The predicted octanol–water partition coefficient (Wildman–Crippen LogP) is 3.57. The number of rotatable bonds is 5. The third-order valence-electron chi connectivity index (χ3n) is 6.60. The highest BCUT2D eigenvalue weighted by Crippen LogP contribution is 2.37. The first-order chi connectivity index (χ1) is 17.1. The molecule has 4 heterocycles. The minimum atomic E-state index is -0.634. The predicted molar refractivity (Wildman–Crippen MR) is 133 cm³/mol. The van der Waals surface area contributed by atoms with Gasteiger partial charge in [0.2, 0.25) is 0 Å². The molecule has 1 aliphatic carbocycles. The zero-order chi connectivity index (χ0) is 24.1. The number of benzene rings is 1. The fraction of sp³-hybridized carbons (Fsp3) is 0.240. The van der Waals surface area contributed by atoms with Crippen LogP contribution in [-0.2, 0) is 23.1 Å². The molecule has 0 spiro atoms. The highest BCUT2D eigenvalue weighted by atomic mass is 32.1. The van der Waals surface area contributed by atoms with Crippen LogP contribution in [0.4, 0.5) is 0 Å². The van der Waals surface area contributed by atoms with Gasteiger partial charge in [-0.05, 0) is 18.1 Å². The summed E-state index contributed by atoms with van der Waals surface area (Å²) in [6, 6.07) is 9.44. The Balaban J connectivity index is 1.43. The van der Waals surface area contributed by atoms with E-state index >= 15 is 0 Å². The molecule has 0 saturated carbocycles. The van der Waals surface area contributed by atoms with Crippen LogP contribution >= 0.6 is 11.3 Å². The van der Waals surface area contributed by atoms with Crippen molar-refractivity contribution in [3.63, 3.8) is 0 Å². The number of carbonyl (C=O) groups is 1. The Kier molecular flexibility index (Phi) is 5.10. The van der Waals surface area contributed by atoms with Crippen molar-refractivity contribution in [3.8, 4) is 0 Å².